The van der Waals surface area contributed by atoms with E-state index < -0.39 is 21.8 Å². The fourth-order valence-electron chi connectivity index (χ4n) is 3.22. The smallest absolute Gasteiger partial charge is 0.263 e. The number of halogens is 2. The first-order chi connectivity index (χ1) is 17.0. The van der Waals surface area contributed by atoms with Gasteiger partial charge >= 0.3 is 0 Å². The van der Waals surface area contributed by atoms with Crippen LogP contribution in [0.25, 0.3) is 0 Å². The first kappa shape index (κ1) is 27.1. The molecule has 0 saturated carbocycles. The molecule has 3 rings (SSSR count). The molecule has 0 aromatic heterocycles. The minimum Gasteiger partial charge on any atom is -0.493 e. The lowest BCUT2D eigenvalue weighted by Gasteiger charge is -2.17. The lowest BCUT2D eigenvalue weighted by Crippen LogP contribution is -2.23. The number of sulfonamides is 1. The second kappa shape index (κ2) is 11.5. The summed E-state index contributed by atoms with van der Waals surface area (Å²) in [4.78, 5) is 23.4. The monoisotopic (exact) mass is 551 g/mol. The zero-order valence-corrected chi connectivity index (χ0v) is 21.6. The van der Waals surface area contributed by atoms with Crippen LogP contribution in [0.3, 0.4) is 0 Å². The number of hydrogen-bond donors (Lipinski definition) is 3. The van der Waals surface area contributed by atoms with E-state index >= 15 is 0 Å². The van der Waals surface area contributed by atoms with Crippen molar-refractivity contribution in [2.24, 2.45) is 5.73 Å². The summed E-state index contributed by atoms with van der Waals surface area (Å²) in [7, 11) is -2.78. The molecule has 0 unspecified atom stereocenters. The van der Waals surface area contributed by atoms with Gasteiger partial charge in [0.15, 0.2) is 17.2 Å². The zero-order valence-electron chi connectivity index (χ0n) is 19.3. The van der Waals surface area contributed by atoms with Crippen molar-refractivity contribution >= 4 is 50.7 Å². The van der Waals surface area contributed by atoms with Crippen LogP contribution in [0.2, 0.25) is 10.0 Å². The number of benzene rings is 3. The Balaban J connectivity index is 2.05. The number of methoxy groups -OCH3 is 1. The summed E-state index contributed by atoms with van der Waals surface area (Å²) in [5.74, 6) is -0.304. The van der Waals surface area contributed by atoms with Crippen LogP contribution in [0.1, 0.15) is 22.8 Å². The molecule has 4 N–H and O–H groups in total. The third-order valence-corrected chi connectivity index (χ3v) is 6.92. The molecule has 0 fully saturated rings. The summed E-state index contributed by atoms with van der Waals surface area (Å²) < 4.78 is 40.1. The van der Waals surface area contributed by atoms with Gasteiger partial charge in [-0.1, -0.05) is 29.3 Å². The average molecular weight is 552 g/mol. The number of hydrogen-bond acceptors (Lipinski definition) is 6. The Labute approximate surface area is 218 Å². The molecule has 0 bridgehead atoms. The highest BCUT2D eigenvalue weighted by Gasteiger charge is 2.22. The topological polar surface area (TPSA) is 137 Å². The first-order valence-corrected chi connectivity index (χ1v) is 12.8. The van der Waals surface area contributed by atoms with Gasteiger partial charge in [-0.25, -0.2) is 8.42 Å². The Bertz CT molecular complexity index is 1410. The number of carbonyl (C=O) groups is 2. The number of anilines is 1. The third kappa shape index (κ3) is 6.60. The number of amides is 2. The van der Waals surface area contributed by atoms with Crippen molar-refractivity contribution in [2.45, 2.75) is 18.2 Å². The van der Waals surface area contributed by atoms with E-state index in [-0.39, 0.29) is 49.9 Å². The molecule has 0 aliphatic rings. The van der Waals surface area contributed by atoms with E-state index in [1.54, 1.807) is 25.1 Å². The van der Waals surface area contributed by atoms with Crippen molar-refractivity contribution in [1.82, 2.24) is 5.32 Å². The van der Waals surface area contributed by atoms with Gasteiger partial charge in [0.25, 0.3) is 15.9 Å². The first-order valence-electron chi connectivity index (χ1n) is 10.6. The Hall–Kier alpha value is -3.47. The molecular weight excluding hydrogens is 529 g/mol. The fraction of sp³-hybridized carbons (Fsp3) is 0.167. The van der Waals surface area contributed by atoms with Gasteiger partial charge in [0.1, 0.15) is 4.90 Å². The van der Waals surface area contributed by atoms with Crippen LogP contribution in [0.15, 0.2) is 59.5 Å². The van der Waals surface area contributed by atoms with Crippen LogP contribution in [-0.4, -0.2) is 33.9 Å². The van der Waals surface area contributed by atoms with Gasteiger partial charge < -0.3 is 20.5 Å². The van der Waals surface area contributed by atoms with E-state index in [0.717, 1.165) is 0 Å². The minimum absolute atomic E-state index is 0.00474. The van der Waals surface area contributed by atoms with Crippen LogP contribution in [-0.2, 0) is 21.2 Å². The maximum absolute atomic E-state index is 13.2. The predicted molar refractivity (Wildman–Crippen MR) is 138 cm³/mol. The lowest BCUT2D eigenvalue weighted by atomic mass is 10.1. The van der Waals surface area contributed by atoms with Crippen molar-refractivity contribution in [3.05, 3.63) is 75.8 Å². The molecule has 0 aliphatic heterocycles. The molecule has 12 heteroatoms. The van der Waals surface area contributed by atoms with Gasteiger partial charge in [-0.15, -0.1) is 0 Å². The molecule has 0 heterocycles. The molecular formula is C24H23Cl2N3O6S. The average Bonchev–Trinajstić information content (AvgIpc) is 2.80. The summed E-state index contributed by atoms with van der Waals surface area (Å²) in [6.45, 7) is 2.14. The highest BCUT2D eigenvalue weighted by molar-refractivity contribution is 7.92. The predicted octanol–water partition coefficient (Wildman–Crippen LogP) is 4.37. The molecule has 2 amide bonds. The summed E-state index contributed by atoms with van der Waals surface area (Å²) in [6, 6.07) is 13.0. The molecule has 9 nitrogen and oxygen atoms in total. The number of nitrogens with one attached hydrogen (secondary N) is 2. The van der Waals surface area contributed by atoms with Gasteiger partial charge in [-0.05, 0) is 61.0 Å². The quantitative estimate of drug-likeness (QED) is 0.342. The third-order valence-electron chi connectivity index (χ3n) is 4.83. The Morgan fingerprint density at radius 1 is 0.972 bits per heavy atom. The van der Waals surface area contributed by atoms with Crippen molar-refractivity contribution in [1.29, 1.82) is 0 Å². The molecule has 36 heavy (non-hydrogen) atoms. The number of rotatable bonds is 10. The van der Waals surface area contributed by atoms with E-state index in [1.165, 1.54) is 43.5 Å². The molecule has 0 spiro atoms. The van der Waals surface area contributed by atoms with Gasteiger partial charge in [0.2, 0.25) is 5.91 Å². The van der Waals surface area contributed by atoms with Crippen molar-refractivity contribution < 1.29 is 27.5 Å². The van der Waals surface area contributed by atoms with E-state index in [4.69, 9.17) is 38.4 Å². The van der Waals surface area contributed by atoms with Crippen molar-refractivity contribution in [3.63, 3.8) is 0 Å². The van der Waals surface area contributed by atoms with Crippen LogP contribution in [0.4, 0.5) is 5.69 Å². The normalized spacial score (nSPS) is 11.0. The number of primary amides is 1. The van der Waals surface area contributed by atoms with Gasteiger partial charge in [0.05, 0.1) is 24.2 Å². The molecule has 3 aromatic rings. The minimum atomic E-state index is -4.20. The standard InChI is InChI=1S/C24H23Cl2N3O6S/c1-3-28-24(31)15-5-8-19(35-20-7-4-14(11-23(27)30)10-21(20)34-2)18(12-15)29-36(32,33)22-9-6-16(25)13-17(22)26/h4-10,12-13,29H,3,11H2,1-2H3,(H2,27,30)(H,28,31). The zero-order chi connectivity index (χ0) is 26.5. The lowest BCUT2D eigenvalue weighted by molar-refractivity contribution is -0.117. The molecule has 3 aromatic carbocycles. The van der Waals surface area contributed by atoms with Crippen LogP contribution in [0, 0.1) is 0 Å². The summed E-state index contributed by atoms with van der Waals surface area (Å²) in [5, 5.41) is 2.85. The summed E-state index contributed by atoms with van der Waals surface area (Å²) >= 11 is 12.0. The summed E-state index contributed by atoms with van der Waals surface area (Å²) in [6.07, 6.45) is 0.00474. The summed E-state index contributed by atoms with van der Waals surface area (Å²) in [5.41, 5.74) is 6.05. The Morgan fingerprint density at radius 3 is 2.33 bits per heavy atom. The molecule has 0 saturated heterocycles. The largest absolute Gasteiger partial charge is 0.493 e. The molecule has 0 atom stereocenters. The van der Waals surface area contributed by atoms with Crippen LogP contribution in [0.5, 0.6) is 17.2 Å². The maximum Gasteiger partial charge on any atom is 0.263 e. The highest BCUT2D eigenvalue weighted by Crippen LogP contribution is 2.38. The maximum atomic E-state index is 13.2. The van der Waals surface area contributed by atoms with Crippen molar-refractivity contribution in [2.75, 3.05) is 18.4 Å². The van der Waals surface area contributed by atoms with Crippen molar-refractivity contribution in [3.8, 4) is 17.2 Å². The fourth-order valence-corrected chi connectivity index (χ4v) is 5.06. The second-order valence-electron chi connectivity index (χ2n) is 7.48. The van der Waals surface area contributed by atoms with Crippen LogP contribution >= 0.6 is 23.2 Å². The molecule has 0 aliphatic carbocycles. The van der Waals surface area contributed by atoms with Gasteiger partial charge in [-0.3, -0.25) is 14.3 Å². The second-order valence-corrected chi connectivity index (χ2v) is 9.98. The number of nitrogens with two attached hydrogens (primary N) is 1. The number of carbonyl (C=O) groups excluding carboxylic acids is 2. The van der Waals surface area contributed by atoms with E-state index in [2.05, 4.69) is 10.0 Å². The van der Waals surface area contributed by atoms with E-state index in [9.17, 15) is 18.0 Å². The van der Waals surface area contributed by atoms with Gasteiger partial charge in [-0.2, -0.15) is 0 Å². The molecule has 0 radical (unpaired) electrons. The highest BCUT2D eigenvalue weighted by atomic mass is 35.5. The van der Waals surface area contributed by atoms with Gasteiger partial charge in [0, 0.05) is 17.1 Å². The number of ether oxygens (including phenoxy) is 2. The van der Waals surface area contributed by atoms with Crippen LogP contribution < -0.4 is 25.2 Å². The Morgan fingerprint density at radius 2 is 1.69 bits per heavy atom. The van der Waals surface area contributed by atoms with E-state index in [0.29, 0.717) is 12.1 Å². The molecule has 190 valence electrons. The Kier molecular flexibility index (Phi) is 8.67. The SMILES string of the molecule is CCNC(=O)c1ccc(Oc2ccc(CC(N)=O)cc2OC)c(NS(=O)(=O)c2ccc(Cl)cc2Cl)c1. The van der Waals surface area contributed by atoms with E-state index in [1.807, 2.05) is 0 Å².